The summed E-state index contributed by atoms with van der Waals surface area (Å²) in [6, 6.07) is 0. The molecule has 4 nitrogen and oxygen atoms in total. The molecule has 0 aliphatic carbocycles. The Kier molecular flexibility index (Phi) is 5.47. The highest BCUT2D eigenvalue weighted by molar-refractivity contribution is 5.68. The molecule has 0 heterocycles. The molecule has 4 heteroatoms. The van der Waals surface area contributed by atoms with Gasteiger partial charge < -0.3 is 9.84 Å². The van der Waals surface area contributed by atoms with Gasteiger partial charge in [0.2, 0.25) is 0 Å². The Balaban J connectivity index is 3.13. The van der Waals surface area contributed by atoms with Crippen LogP contribution in [0.4, 0.5) is 4.79 Å². The molecule has 2 N–H and O–H groups in total. The minimum absolute atomic E-state index is 0.0291. The molecule has 0 spiro atoms. The molecule has 0 aliphatic heterocycles. The molecule has 0 saturated carbocycles. The van der Waals surface area contributed by atoms with Crippen LogP contribution < -0.4 is 5.32 Å². The summed E-state index contributed by atoms with van der Waals surface area (Å²) in [5.74, 6) is 0. The topological polar surface area (TPSA) is 58.6 Å². The third-order valence-corrected chi connectivity index (χ3v) is 0.756. The summed E-state index contributed by atoms with van der Waals surface area (Å²) >= 11 is 0. The van der Waals surface area contributed by atoms with Crippen LogP contribution in [0.3, 0.4) is 0 Å². The number of rotatable bonds is 4. The highest BCUT2D eigenvalue weighted by Gasteiger charge is 1.95. The molecule has 58 valence electrons. The fourth-order valence-corrected chi connectivity index (χ4v) is 0.354. The number of amides is 1. The van der Waals surface area contributed by atoms with E-state index in [4.69, 9.17) is 5.11 Å². The molecule has 0 aliphatic rings. The number of aliphatic hydroxyl groups is 1. The first-order chi connectivity index (χ1) is 4.81. The summed E-state index contributed by atoms with van der Waals surface area (Å²) in [4.78, 5) is 10.4. The first-order valence-electron chi connectivity index (χ1n) is 2.96. The van der Waals surface area contributed by atoms with Gasteiger partial charge in [-0.3, -0.25) is 5.32 Å². The lowest BCUT2D eigenvalue weighted by molar-refractivity contribution is 0.139. The first-order valence-corrected chi connectivity index (χ1v) is 2.96. The summed E-state index contributed by atoms with van der Waals surface area (Å²) in [6.07, 6.45) is 1.16. The van der Waals surface area contributed by atoms with E-state index in [9.17, 15) is 4.79 Å². The van der Waals surface area contributed by atoms with E-state index in [1.54, 1.807) is 0 Å². The number of hydrogen-bond acceptors (Lipinski definition) is 3. The number of hydrogen-bond donors (Lipinski definition) is 2. The third-order valence-electron chi connectivity index (χ3n) is 0.756. The number of aliphatic hydroxyl groups excluding tert-OH is 1. The maximum Gasteiger partial charge on any atom is 0.411 e. The molecule has 0 saturated heterocycles. The lowest BCUT2D eigenvalue weighted by Crippen LogP contribution is -2.18. The van der Waals surface area contributed by atoms with Crippen LogP contribution in [0.15, 0.2) is 12.8 Å². The van der Waals surface area contributed by atoms with Crippen molar-refractivity contribution < 1.29 is 14.6 Å². The van der Waals surface area contributed by atoms with E-state index in [0.29, 0.717) is 6.42 Å². The average Bonchev–Trinajstić information content (AvgIpc) is 1.89. The van der Waals surface area contributed by atoms with Crippen molar-refractivity contribution >= 4 is 6.09 Å². The predicted octanol–water partition coefficient (Wildman–Crippen LogP) is 0.238. The van der Waals surface area contributed by atoms with Gasteiger partial charge in [0.25, 0.3) is 0 Å². The van der Waals surface area contributed by atoms with Crippen molar-refractivity contribution in [2.45, 2.75) is 6.42 Å². The fourth-order valence-electron chi connectivity index (χ4n) is 0.354. The van der Waals surface area contributed by atoms with Gasteiger partial charge in [-0.15, -0.1) is 0 Å². The van der Waals surface area contributed by atoms with Gasteiger partial charge in [0, 0.05) is 13.0 Å². The van der Waals surface area contributed by atoms with Crippen LogP contribution in [0.25, 0.3) is 0 Å². The largest absolute Gasteiger partial charge is 0.449 e. The summed E-state index contributed by atoms with van der Waals surface area (Å²) in [6.45, 7) is 3.53. The smallest absolute Gasteiger partial charge is 0.411 e. The molecule has 0 fully saturated rings. The average molecular weight is 145 g/mol. The van der Waals surface area contributed by atoms with Crippen molar-refractivity contribution in [1.82, 2.24) is 5.32 Å². The Morgan fingerprint density at radius 3 is 3.00 bits per heavy atom. The second-order valence-electron chi connectivity index (χ2n) is 1.56. The molecule has 0 atom stereocenters. The maximum absolute atomic E-state index is 10.4. The summed E-state index contributed by atoms with van der Waals surface area (Å²) in [7, 11) is 0. The molecular weight excluding hydrogens is 134 g/mol. The molecule has 10 heavy (non-hydrogen) atoms. The van der Waals surface area contributed by atoms with Gasteiger partial charge in [-0.25, -0.2) is 4.79 Å². The van der Waals surface area contributed by atoms with Crippen LogP contribution in [0.5, 0.6) is 0 Å². The summed E-state index contributed by atoms with van der Waals surface area (Å²) in [5, 5.41) is 10.5. The van der Waals surface area contributed by atoms with E-state index < -0.39 is 6.09 Å². The van der Waals surface area contributed by atoms with E-state index in [2.05, 4.69) is 16.6 Å². The molecule has 0 aromatic heterocycles. The van der Waals surface area contributed by atoms with Crippen LogP contribution in [0.1, 0.15) is 6.42 Å². The zero-order valence-corrected chi connectivity index (χ0v) is 5.67. The number of carbonyl (C=O) groups is 1. The van der Waals surface area contributed by atoms with Crippen LogP contribution in [-0.4, -0.2) is 24.4 Å². The third kappa shape index (κ3) is 5.11. The van der Waals surface area contributed by atoms with E-state index in [-0.39, 0.29) is 13.2 Å². The monoisotopic (exact) mass is 145 g/mol. The Bertz CT molecular complexity index is 114. The van der Waals surface area contributed by atoms with Crippen molar-refractivity contribution in [2.24, 2.45) is 0 Å². The van der Waals surface area contributed by atoms with Gasteiger partial charge in [-0.05, 0) is 6.20 Å². The second kappa shape index (κ2) is 6.10. The maximum atomic E-state index is 10.4. The number of alkyl carbamates (subject to hydrolysis) is 1. The van der Waals surface area contributed by atoms with Gasteiger partial charge >= 0.3 is 6.09 Å². The normalized spacial score (nSPS) is 8.50. The molecule has 0 rings (SSSR count). The van der Waals surface area contributed by atoms with Crippen molar-refractivity contribution in [3.8, 4) is 0 Å². The molecule has 0 aromatic carbocycles. The van der Waals surface area contributed by atoms with Crippen LogP contribution in [0.2, 0.25) is 0 Å². The number of nitrogens with one attached hydrogen (secondary N) is 1. The van der Waals surface area contributed by atoms with Crippen molar-refractivity contribution in [1.29, 1.82) is 0 Å². The predicted molar refractivity (Wildman–Crippen MR) is 36.4 cm³/mol. The van der Waals surface area contributed by atoms with Gasteiger partial charge in [-0.1, -0.05) is 6.58 Å². The van der Waals surface area contributed by atoms with Gasteiger partial charge in [0.05, 0.1) is 6.61 Å². The summed E-state index contributed by atoms with van der Waals surface area (Å²) in [5.41, 5.74) is 0. The Labute approximate surface area is 59.5 Å². The van der Waals surface area contributed by atoms with E-state index in [0.717, 1.165) is 0 Å². The van der Waals surface area contributed by atoms with E-state index >= 15 is 0 Å². The second-order valence-corrected chi connectivity index (χ2v) is 1.56. The van der Waals surface area contributed by atoms with Crippen LogP contribution in [-0.2, 0) is 4.74 Å². The first kappa shape index (κ1) is 8.97. The summed E-state index contributed by atoms with van der Waals surface area (Å²) < 4.78 is 4.54. The highest BCUT2D eigenvalue weighted by Crippen LogP contribution is 1.81. The van der Waals surface area contributed by atoms with Crippen LogP contribution in [0, 0.1) is 0 Å². The van der Waals surface area contributed by atoms with Crippen LogP contribution >= 0.6 is 0 Å². The van der Waals surface area contributed by atoms with Crippen molar-refractivity contribution in [2.75, 3.05) is 13.2 Å². The van der Waals surface area contributed by atoms with Gasteiger partial charge in [0.1, 0.15) is 0 Å². The standard InChI is InChI=1S/C6H11NO3/c1-2-7-6(9)10-5-3-4-8/h2,8H,1,3-5H2,(H,7,9). The van der Waals surface area contributed by atoms with Gasteiger partial charge in [-0.2, -0.15) is 0 Å². The molecule has 0 bridgehead atoms. The number of carbonyl (C=O) groups excluding carboxylic acids is 1. The lowest BCUT2D eigenvalue weighted by Gasteiger charge is -2.00. The Morgan fingerprint density at radius 1 is 1.80 bits per heavy atom. The number of ether oxygens (including phenoxy) is 1. The molecule has 0 aromatic rings. The van der Waals surface area contributed by atoms with E-state index in [1.807, 2.05) is 0 Å². The lowest BCUT2D eigenvalue weighted by atomic mass is 10.5. The SMILES string of the molecule is C=CNC(=O)OCCCO. The van der Waals surface area contributed by atoms with E-state index in [1.165, 1.54) is 6.20 Å². The zero-order valence-electron chi connectivity index (χ0n) is 5.67. The molecule has 0 radical (unpaired) electrons. The van der Waals surface area contributed by atoms with Crippen molar-refractivity contribution in [3.05, 3.63) is 12.8 Å². The molecule has 0 unspecified atom stereocenters. The van der Waals surface area contributed by atoms with Crippen molar-refractivity contribution in [3.63, 3.8) is 0 Å². The Hall–Kier alpha value is -1.03. The molecular formula is C6H11NO3. The zero-order chi connectivity index (χ0) is 7.82. The minimum Gasteiger partial charge on any atom is -0.449 e. The minimum atomic E-state index is -0.538. The Morgan fingerprint density at radius 2 is 2.50 bits per heavy atom. The fraction of sp³-hybridized carbons (Fsp3) is 0.500. The molecule has 1 amide bonds. The quantitative estimate of drug-likeness (QED) is 0.557. The highest BCUT2D eigenvalue weighted by atomic mass is 16.5. The van der Waals surface area contributed by atoms with Gasteiger partial charge in [0.15, 0.2) is 0 Å².